The summed E-state index contributed by atoms with van der Waals surface area (Å²) in [5.74, 6) is 1.96. The van der Waals surface area contributed by atoms with Crippen molar-refractivity contribution in [1.82, 2.24) is 0 Å². The maximum Gasteiger partial charge on any atom is 0.262 e. The number of amides is 1. The number of carbonyl (C=O) groups excluding carboxylic acids is 1. The molecule has 0 saturated carbocycles. The molecule has 1 N–H and O–H groups in total. The molecule has 0 spiro atoms. The number of nitrogens with one attached hydrogen (secondary N) is 1. The van der Waals surface area contributed by atoms with Crippen LogP contribution in [0.25, 0.3) is 11.3 Å². The normalized spacial score (nSPS) is 15.3. The van der Waals surface area contributed by atoms with E-state index >= 15 is 0 Å². The number of ether oxygens (including phenoxy) is 1. The fourth-order valence-electron chi connectivity index (χ4n) is 3.77. The van der Waals surface area contributed by atoms with E-state index in [1.165, 1.54) is 0 Å². The van der Waals surface area contributed by atoms with Crippen molar-refractivity contribution in [3.05, 3.63) is 98.2 Å². The molecule has 0 unspecified atom stereocenters. The van der Waals surface area contributed by atoms with E-state index in [4.69, 9.17) is 9.15 Å². The van der Waals surface area contributed by atoms with Gasteiger partial charge in [0.25, 0.3) is 5.91 Å². The Labute approximate surface area is 207 Å². The minimum Gasteiger partial charge on any atom is -0.497 e. The highest BCUT2D eigenvalue weighted by Crippen LogP contribution is 2.39. The molecule has 160 valence electrons. The van der Waals surface area contributed by atoms with Gasteiger partial charge < -0.3 is 14.5 Å². The average molecular weight is 601 g/mol. The predicted molar refractivity (Wildman–Crippen MR) is 137 cm³/mol. The highest BCUT2D eigenvalue weighted by Gasteiger charge is 2.36. The van der Waals surface area contributed by atoms with Crippen LogP contribution in [0.5, 0.6) is 5.75 Å². The number of rotatable bonds is 4. The van der Waals surface area contributed by atoms with Crippen molar-refractivity contribution >= 4 is 55.8 Å². The van der Waals surface area contributed by atoms with Gasteiger partial charge in [-0.3, -0.25) is 9.69 Å². The lowest BCUT2D eigenvalue weighted by molar-refractivity contribution is 0.0972. The number of furan rings is 1. The molecule has 1 amide bonds. The van der Waals surface area contributed by atoms with Crippen LogP contribution < -0.4 is 15.0 Å². The third-order valence-corrected chi connectivity index (χ3v) is 6.54. The molecular weight excluding hydrogens is 583 g/mol. The largest absolute Gasteiger partial charge is 0.497 e. The molecule has 2 heterocycles. The van der Waals surface area contributed by atoms with Gasteiger partial charge in [-0.25, -0.2) is 0 Å². The van der Waals surface area contributed by atoms with Crippen LogP contribution in [-0.2, 0) is 0 Å². The first-order valence-corrected chi connectivity index (χ1v) is 11.8. The lowest BCUT2D eigenvalue weighted by Crippen LogP contribution is -2.43. The van der Waals surface area contributed by atoms with E-state index < -0.39 is 6.17 Å². The first-order valence-electron chi connectivity index (χ1n) is 9.93. The maximum atomic E-state index is 13.7. The Morgan fingerprint density at radius 3 is 2.62 bits per heavy atom. The molecule has 32 heavy (non-hydrogen) atoms. The van der Waals surface area contributed by atoms with Crippen LogP contribution in [0.1, 0.15) is 22.3 Å². The zero-order valence-electron chi connectivity index (χ0n) is 17.0. The number of fused-ring (bicyclic) bond motifs is 1. The van der Waals surface area contributed by atoms with Crippen LogP contribution in [0.3, 0.4) is 0 Å². The Morgan fingerprint density at radius 1 is 1.03 bits per heavy atom. The molecule has 1 aliphatic heterocycles. The third-order valence-electron chi connectivity index (χ3n) is 5.34. The second-order valence-corrected chi connectivity index (χ2v) is 9.48. The summed E-state index contributed by atoms with van der Waals surface area (Å²) in [7, 11) is 1.61. The number of methoxy groups -OCH3 is 1. The van der Waals surface area contributed by atoms with E-state index in [0.29, 0.717) is 17.1 Å². The highest BCUT2D eigenvalue weighted by molar-refractivity contribution is 14.1. The molecule has 3 aromatic carbocycles. The molecule has 5 nitrogen and oxygen atoms in total. The molecule has 0 fully saturated rings. The first kappa shape index (κ1) is 21.1. The number of hydrogen-bond donors (Lipinski definition) is 1. The first-order chi connectivity index (χ1) is 15.5. The van der Waals surface area contributed by atoms with Crippen LogP contribution in [0.2, 0.25) is 0 Å². The van der Waals surface area contributed by atoms with E-state index in [-0.39, 0.29) is 5.91 Å². The second-order valence-electron chi connectivity index (χ2n) is 7.32. The zero-order valence-corrected chi connectivity index (χ0v) is 20.8. The summed E-state index contributed by atoms with van der Waals surface area (Å²) >= 11 is 5.68. The number of hydrogen-bond acceptors (Lipinski definition) is 4. The van der Waals surface area contributed by atoms with Gasteiger partial charge in [0, 0.05) is 25.4 Å². The van der Waals surface area contributed by atoms with Gasteiger partial charge in [0.2, 0.25) is 0 Å². The lowest BCUT2D eigenvalue weighted by Gasteiger charge is -2.37. The summed E-state index contributed by atoms with van der Waals surface area (Å²) in [5.41, 5.74) is 3.08. The van der Waals surface area contributed by atoms with Gasteiger partial charge in [0.1, 0.15) is 17.3 Å². The van der Waals surface area contributed by atoms with E-state index in [1.807, 2.05) is 78.9 Å². The van der Waals surface area contributed by atoms with Gasteiger partial charge in [-0.2, -0.15) is 0 Å². The number of halogens is 2. The lowest BCUT2D eigenvalue weighted by atomic mass is 10.1. The van der Waals surface area contributed by atoms with E-state index in [9.17, 15) is 4.79 Å². The van der Waals surface area contributed by atoms with Crippen molar-refractivity contribution in [2.45, 2.75) is 6.17 Å². The predicted octanol–water partition coefficient (Wildman–Crippen LogP) is 7.09. The molecule has 0 saturated heterocycles. The second kappa shape index (κ2) is 8.63. The molecule has 0 radical (unpaired) electrons. The van der Waals surface area contributed by atoms with Crippen molar-refractivity contribution in [2.75, 3.05) is 17.3 Å². The topological polar surface area (TPSA) is 54.7 Å². The maximum absolute atomic E-state index is 13.7. The number of benzene rings is 3. The Bertz CT molecular complexity index is 1300. The van der Waals surface area contributed by atoms with Crippen molar-refractivity contribution in [3.63, 3.8) is 0 Å². The Morgan fingerprint density at radius 2 is 1.84 bits per heavy atom. The average Bonchev–Trinajstić information content (AvgIpc) is 3.30. The monoisotopic (exact) mass is 600 g/mol. The molecule has 5 rings (SSSR count). The summed E-state index contributed by atoms with van der Waals surface area (Å²) in [6, 6.07) is 25.0. The highest BCUT2D eigenvalue weighted by atomic mass is 127. The minimum absolute atomic E-state index is 0.0999. The van der Waals surface area contributed by atoms with Crippen molar-refractivity contribution in [2.24, 2.45) is 0 Å². The summed E-state index contributed by atoms with van der Waals surface area (Å²) < 4.78 is 13.6. The molecule has 1 aliphatic rings. The Hall–Kier alpha value is -2.78. The van der Waals surface area contributed by atoms with Crippen LogP contribution in [-0.4, -0.2) is 13.0 Å². The van der Waals surface area contributed by atoms with Crippen molar-refractivity contribution < 1.29 is 13.9 Å². The van der Waals surface area contributed by atoms with Gasteiger partial charge in [-0.1, -0.05) is 34.1 Å². The summed E-state index contributed by atoms with van der Waals surface area (Å²) in [6.07, 6.45) is -0.508. The van der Waals surface area contributed by atoms with Crippen LogP contribution in [0, 0.1) is 3.57 Å². The van der Waals surface area contributed by atoms with E-state index in [0.717, 1.165) is 30.7 Å². The molecule has 7 heteroatoms. The Balaban J connectivity index is 1.60. The third kappa shape index (κ3) is 3.91. The van der Waals surface area contributed by atoms with Gasteiger partial charge in [0.15, 0.2) is 6.17 Å². The van der Waals surface area contributed by atoms with E-state index in [2.05, 4.69) is 43.8 Å². The van der Waals surface area contributed by atoms with Crippen LogP contribution in [0.4, 0.5) is 11.4 Å². The van der Waals surface area contributed by atoms with Crippen molar-refractivity contribution in [1.29, 1.82) is 0 Å². The number of carbonyl (C=O) groups is 1. The number of anilines is 2. The standard InChI is InChI=1S/C25H18BrIN2O3/c1-31-19-4-2-3-18(14-19)29-24(28-21-10-9-17(27)13-20(21)25(29)30)23-12-11-22(32-23)15-5-7-16(26)8-6-15/h2-14,24,28H,1H3/t24-/m0/s1. The van der Waals surface area contributed by atoms with Gasteiger partial charge in [-0.05, 0) is 77.2 Å². The SMILES string of the molecule is COc1cccc(N2C(=O)c3cc(I)ccc3N[C@@H]2c2ccc(-c3ccc(Br)cc3)o2)c1. The fraction of sp³-hybridized carbons (Fsp3) is 0.0800. The quantitative estimate of drug-likeness (QED) is 0.254. The number of nitrogens with zero attached hydrogens (tertiary/aromatic N) is 1. The Kier molecular flexibility index (Phi) is 5.69. The van der Waals surface area contributed by atoms with Gasteiger partial charge in [-0.15, -0.1) is 0 Å². The summed E-state index contributed by atoms with van der Waals surface area (Å²) in [4.78, 5) is 15.4. The van der Waals surface area contributed by atoms with E-state index in [1.54, 1.807) is 12.0 Å². The molecule has 1 aromatic heterocycles. The van der Waals surface area contributed by atoms with Crippen LogP contribution in [0.15, 0.2) is 87.8 Å². The molecule has 4 aromatic rings. The zero-order chi connectivity index (χ0) is 22.2. The summed E-state index contributed by atoms with van der Waals surface area (Å²) in [6.45, 7) is 0. The van der Waals surface area contributed by atoms with Gasteiger partial charge in [0.05, 0.1) is 18.4 Å². The molecule has 1 atom stereocenters. The molecule has 0 aliphatic carbocycles. The molecule has 0 bridgehead atoms. The molecular formula is C25H18BrIN2O3. The summed E-state index contributed by atoms with van der Waals surface area (Å²) in [5, 5.41) is 3.49. The fourth-order valence-corrected chi connectivity index (χ4v) is 4.53. The van der Waals surface area contributed by atoms with Gasteiger partial charge >= 0.3 is 0 Å². The minimum atomic E-state index is -0.508. The smallest absolute Gasteiger partial charge is 0.262 e. The van der Waals surface area contributed by atoms with Crippen molar-refractivity contribution in [3.8, 4) is 17.1 Å². The van der Waals surface area contributed by atoms with Crippen LogP contribution >= 0.6 is 38.5 Å².